The van der Waals surface area contributed by atoms with E-state index in [9.17, 15) is 0 Å². The Morgan fingerprint density at radius 1 is 1.32 bits per heavy atom. The molecule has 0 aliphatic rings. The van der Waals surface area contributed by atoms with Crippen molar-refractivity contribution in [3.8, 4) is 5.82 Å². The molecule has 3 rings (SSSR count). The first kappa shape index (κ1) is 11.8. The fraction of sp³-hybridized carbons (Fsp3) is 0.167. The number of rotatable bonds is 4. The summed E-state index contributed by atoms with van der Waals surface area (Å²) in [4.78, 5) is 13.7. The highest BCUT2D eigenvalue weighted by molar-refractivity contribution is 7.09. The zero-order valence-electron chi connectivity index (χ0n) is 10.3. The first-order valence-electron chi connectivity index (χ1n) is 5.77. The van der Waals surface area contributed by atoms with Crippen LogP contribution in [0.5, 0.6) is 0 Å². The molecule has 0 radical (unpaired) electrons. The maximum Gasteiger partial charge on any atom is 0.155 e. The Labute approximate surface area is 114 Å². The van der Waals surface area contributed by atoms with Crippen molar-refractivity contribution in [2.24, 2.45) is 0 Å². The molecule has 0 amide bonds. The summed E-state index contributed by atoms with van der Waals surface area (Å²) in [6.07, 6.45) is 4.89. The number of aromatic nitrogens is 5. The number of hydrogen-bond acceptors (Lipinski definition) is 6. The van der Waals surface area contributed by atoms with Crippen molar-refractivity contribution in [2.75, 3.05) is 5.32 Å². The third-order valence-corrected chi connectivity index (χ3v) is 3.63. The van der Waals surface area contributed by atoms with E-state index in [0.717, 1.165) is 23.7 Å². The molecule has 1 N–H and O–H groups in total. The summed E-state index contributed by atoms with van der Waals surface area (Å²) in [7, 11) is 0. The van der Waals surface area contributed by atoms with Gasteiger partial charge in [-0.05, 0) is 19.1 Å². The molecular formula is C12H12N6S. The van der Waals surface area contributed by atoms with Crippen LogP contribution in [0.15, 0.2) is 36.5 Å². The van der Waals surface area contributed by atoms with Crippen molar-refractivity contribution in [2.45, 2.75) is 13.5 Å². The molecule has 0 saturated heterocycles. The normalized spacial score (nSPS) is 10.6. The van der Waals surface area contributed by atoms with Gasteiger partial charge < -0.3 is 5.32 Å². The van der Waals surface area contributed by atoms with Gasteiger partial charge in [-0.1, -0.05) is 0 Å². The summed E-state index contributed by atoms with van der Waals surface area (Å²) >= 11 is 1.65. The van der Waals surface area contributed by atoms with Gasteiger partial charge in [-0.25, -0.2) is 19.6 Å². The van der Waals surface area contributed by atoms with Gasteiger partial charge in [0.2, 0.25) is 0 Å². The van der Waals surface area contributed by atoms with Crippen LogP contribution < -0.4 is 5.32 Å². The third kappa shape index (κ3) is 2.60. The number of aryl methyl sites for hydroxylation is 1. The van der Waals surface area contributed by atoms with E-state index in [-0.39, 0.29) is 0 Å². The quantitative estimate of drug-likeness (QED) is 0.787. The van der Waals surface area contributed by atoms with Gasteiger partial charge in [0.25, 0.3) is 0 Å². The molecule has 3 heterocycles. The van der Waals surface area contributed by atoms with Gasteiger partial charge >= 0.3 is 0 Å². The summed E-state index contributed by atoms with van der Waals surface area (Å²) in [6.45, 7) is 2.78. The Morgan fingerprint density at radius 3 is 2.89 bits per heavy atom. The molecule has 0 bridgehead atoms. The van der Waals surface area contributed by atoms with Crippen molar-refractivity contribution in [1.82, 2.24) is 24.7 Å². The minimum atomic E-state index is 0.747. The first-order valence-corrected chi connectivity index (χ1v) is 6.65. The van der Waals surface area contributed by atoms with Crippen LogP contribution in [0.25, 0.3) is 5.82 Å². The predicted octanol–water partition coefficient (Wildman–Crippen LogP) is 2.04. The minimum Gasteiger partial charge on any atom is -0.379 e. The van der Waals surface area contributed by atoms with Crippen molar-refractivity contribution in [1.29, 1.82) is 0 Å². The topological polar surface area (TPSA) is 68.5 Å². The highest BCUT2D eigenvalue weighted by Crippen LogP contribution is 2.15. The maximum atomic E-state index is 4.33. The van der Waals surface area contributed by atoms with E-state index in [4.69, 9.17) is 0 Å². The van der Waals surface area contributed by atoms with Gasteiger partial charge in [-0.3, -0.25) is 0 Å². The number of anilines is 1. The fourth-order valence-corrected chi connectivity index (χ4v) is 2.35. The van der Waals surface area contributed by atoms with Gasteiger partial charge in [0, 0.05) is 4.88 Å². The number of nitrogens with zero attached hydrogens (tertiary/aromatic N) is 5. The van der Waals surface area contributed by atoms with E-state index in [2.05, 4.69) is 25.4 Å². The summed E-state index contributed by atoms with van der Waals surface area (Å²) in [6, 6.07) is 3.87. The number of hydrogen-bond donors (Lipinski definition) is 1. The van der Waals surface area contributed by atoms with Gasteiger partial charge in [-0.15, -0.1) is 11.3 Å². The minimum absolute atomic E-state index is 0.747. The maximum absolute atomic E-state index is 4.33. The summed E-state index contributed by atoms with van der Waals surface area (Å²) in [5.41, 5.74) is 3.90. The van der Waals surface area contributed by atoms with E-state index in [1.54, 1.807) is 28.5 Å². The van der Waals surface area contributed by atoms with E-state index < -0.39 is 0 Å². The van der Waals surface area contributed by atoms with Crippen molar-refractivity contribution < 1.29 is 0 Å². The Balaban J connectivity index is 1.68. The van der Waals surface area contributed by atoms with Crippen LogP contribution in [-0.2, 0) is 6.54 Å². The van der Waals surface area contributed by atoms with E-state index in [0.29, 0.717) is 0 Å². The molecule has 7 heteroatoms. The number of nitrogens with one attached hydrogen (secondary N) is 1. The SMILES string of the molecule is Cc1ncsc1CNc1ccc(-n2cncn2)nc1. The second-order valence-electron chi connectivity index (χ2n) is 3.96. The lowest BCUT2D eigenvalue weighted by molar-refractivity contribution is 0.845. The molecule has 0 saturated carbocycles. The molecule has 3 aromatic rings. The lowest BCUT2D eigenvalue weighted by atomic mass is 10.3. The standard InChI is InChI=1S/C12H12N6S/c1-9-11(19-8-16-9)5-14-10-2-3-12(15-4-10)18-7-13-6-17-18/h2-4,6-8,14H,5H2,1H3. The molecule has 0 unspecified atom stereocenters. The molecule has 19 heavy (non-hydrogen) atoms. The highest BCUT2D eigenvalue weighted by atomic mass is 32.1. The number of thiazole rings is 1. The zero-order chi connectivity index (χ0) is 13.1. The van der Waals surface area contributed by atoms with Crippen LogP contribution in [0.2, 0.25) is 0 Å². The lowest BCUT2D eigenvalue weighted by Gasteiger charge is -2.06. The van der Waals surface area contributed by atoms with Crippen molar-refractivity contribution in [3.05, 3.63) is 47.1 Å². The molecule has 0 atom stereocenters. The third-order valence-electron chi connectivity index (χ3n) is 2.70. The molecule has 0 fully saturated rings. The van der Waals surface area contributed by atoms with Gasteiger partial charge in [-0.2, -0.15) is 5.10 Å². The molecule has 0 aliphatic carbocycles. The van der Waals surface area contributed by atoms with Crippen LogP contribution in [0.3, 0.4) is 0 Å². The second-order valence-corrected chi connectivity index (χ2v) is 4.90. The van der Waals surface area contributed by atoms with Gasteiger partial charge in [0.05, 0.1) is 29.6 Å². The van der Waals surface area contributed by atoms with E-state index in [1.807, 2.05) is 24.6 Å². The monoisotopic (exact) mass is 272 g/mol. The fourth-order valence-electron chi connectivity index (χ4n) is 1.63. The van der Waals surface area contributed by atoms with Crippen molar-refractivity contribution >= 4 is 17.0 Å². The van der Waals surface area contributed by atoms with Crippen LogP contribution in [-0.4, -0.2) is 24.7 Å². The molecule has 96 valence electrons. The van der Waals surface area contributed by atoms with Crippen LogP contribution in [0.4, 0.5) is 5.69 Å². The van der Waals surface area contributed by atoms with Gasteiger partial charge in [0.1, 0.15) is 12.7 Å². The average molecular weight is 272 g/mol. The molecule has 3 aromatic heterocycles. The largest absolute Gasteiger partial charge is 0.379 e. The van der Waals surface area contributed by atoms with Crippen LogP contribution in [0.1, 0.15) is 10.6 Å². The van der Waals surface area contributed by atoms with E-state index in [1.165, 1.54) is 11.2 Å². The van der Waals surface area contributed by atoms with Crippen molar-refractivity contribution in [3.63, 3.8) is 0 Å². The molecule has 6 nitrogen and oxygen atoms in total. The first-order chi connectivity index (χ1) is 9.33. The number of pyridine rings is 1. The molecule has 0 spiro atoms. The Kier molecular flexibility index (Phi) is 3.20. The lowest BCUT2D eigenvalue weighted by Crippen LogP contribution is -2.02. The average Bonchev–Trinajstić information content (AvgIpc) is 3.09. The Hall–Kier alpha value is -2.28. The van der Waals surface area contributed by atoms with Crippen LogP contribution >= 0.6 is 11.3 Å². The zero-order valence-corrected chi connectivity index (χ0v) is 11.1. The highest BCUT2D eigenvalue weighted by Gasteiger charge is 2.02. The molecule has 0 aliphatic heterocycles. The summed E-state index contributed by atoms with van der Waals surface area (Å²) < 4.78 is 1.62. The smallest absolute Gasteiger partial charge is 0.155 e. The van der Waals surface area contributed by atoms with Crippen LogP contribution in [0, 0.1) is 6.92 Å². The van der Waals surface area contributed by atoms with Gasteiger partial charge in [0.15, 0.2) is 5.82 Å². The predicted molar refractivity (Wildman–Crippen MR) is 73.3 cm³/mol. The van der Waals surface area contributed by atoms with E-state index >= 15 is 0 Å². The second kappa shape index (κ2) is 5.15. The Bertz CT molecular complexity index is 643. The molecule has 0 aromatic carbocycles. The Morgan fingerprint density at radius 2 is 2.26 bits per heavy atom. The summed E-state index contributed by atoms with van der Waals surface area (Å²) in [5, 5.41) is 7.35. The molecular weight excluding hydrogens is 260 g/mol. The summed E-state index contributed by atoms with van der Waals surface area (Å²) in [5.74, 6) is 0.747.